The molecule has 27 heavy (non-hydrogen) atoms. The monoisotopic (exact) mass is 506 g/mol. The third-order valence-corrected chi connectivity index (χ3v) is 5.67. The van der Waals surface area contributed by atoms with Gasteiger partial charge in [-0.1, -0.05) is 6.07 Å². The second-order valence-corrected chi connectivity index (χ2v) is 7.67. The Morgan fingerprint density at radius 2 is 2.07 bits per heavy atom. The Morgan fingerprint density at radius 3 is 2.78 bits per heavy atom. The predicted octanol–water partition coefficient (Wildman–Crippen LogP) is 4.17. The minimum atomic E-state index is -0.555. The summed E-state index contributed by atoms with van der Waals surface area (Å²) >= 11 is 1.79. The van der Waals surface area contributed by atoms with Gasteiger partial charge in [0.2, 0.25) is 0 Å². The molecule has 0 unspecified atom stereocenters. The van der Waals surface area contributed by atoms with Gasteiger partial charge in [-0.2, -0.15) is 0 Å². The van der Waals surface area contributed by atoms with Crippen LogP contribution in [-0.4, -0.2) is 36.5 Å². The van der Waals surface area contributed by atoms with E-state index in [9.17, 15) is 8.78 Å². The molecule has 1 heterocycles. The van der Waals surface area contributed by atoms with E-state index in [1.807, 2.05) is 11.9 Å². The normalized spacial score (nSPS) is 13.7. The van der Waals surface area contributed by atoms with Gasteiger partial charge in [0, 0.05) is 31.6 Å². The van der Waals surface area contributed by atoms with Crippen molar-refractivity contribution in [1.82, 2.24) is 15.2 Å². The van der Waals surface area contributed by atoms with Crippen LogP contribution in [0.5, 0.6) is 0 Å². The molecule has 148 valence electrons. The fourth-order valence-corrected chi connectivity index (χ4v) is 4.38. The first-order chi connectivity index (χ1) is 12.6. The van der Waals surface area contributed by atoms with Crippen molar-refractivity contribution in [3.05, 3.63) is 51.0 Å². The second kappa shape index (κ2) is 10.3. The molecule has 0 bridgehead atoms. The molecule has 1 aliphatic rings. The number of rotatable bonds is 5. The lowest BCUT2D eigenvalue weighted by Crippen LogP contribution is -2.39. The van der Waals surface area contributed by atoms with Crippen LogP contribution in [0.15, 0.2) is 23.2 Å². The third kappa shape index (κ3) is 5.84. The number of hydrogen-bond donors (Lipinski definition) is 1. The van der Waals surface area contributed by atoms with E-state index in [4.69, 9.17) is 4.98 Å². The van der Waals surface area contributed by atoms with Crippen LogP contribution in [0.2, 0.25) is 0 Å². The van der Waals surface area contributed by atoms with E-state index >= 15 is 0 Å². The average Bonchev–Trinajstić information content (AvgIpc) is 3.02. The molecule has 8 heteroatoms. The maximum atomic E-state index is 13.7. The summed E-state index contributed by atoms with van der Waals surface area (Å²) in [5.74, 6) is -0.329. The summed E-state index contributed by atoms with van der Waals surface area (Å²) < 4.78 is 26.7. The van der Waals surface area contributed by atoms with E-state index in [0.717, 1.165) is 29.9 Å². The molecule has 2 aromatic rings. The molecule has 3 rings (SSSR count). The lowest BCUT2D eigenvalue weighted by atomic mass is 10.0. The van der Waals surface area contributed by atoms with E-state index in [0.29, 0.717) is 25.1 Å². The van der Waals surface area contributed by atoms with Crippen molar-refractivity contribution in [3.63, 3.8) is 0 Å². The van der Waals surface area contributed by atoms with Crippen molar-refractivity contribution in [1.29, 1.82) is 0 Å². The van der Waals surface area contributed by atoms with Crippen molar-refractivity contribution >= 4 is 41.3 Å². The smallest absolute Gasteiger partial charge is 0.193 e. The van der Waals surface area contributed by atoms with Crippen LogP contribution in [0.1, 0.15) is 34.0 Å². The number of aromatic nitrogens is 1. The van der Waals surface area contributed by atoms with Gasteiger partial charge in [0.1, 0.15) is 16.6 Å². The highest BCUT2D eigenvalue weighted by molar-refractivity contribution is 14.0. The Balaban J connectivity index is 0.00000261. The van der Waals surface area contributed by atoms with Crippen molar-refractivity contribution in [2.45, 2.75) is 38.6 Å². The summed E-state index contributed by atoms with van der Waals surface area (Å²) in [6, 6.07) is 3.68. The molecular formula is C19H25F2IN4S. The van der Waals surface area contributed by atoms with Gasteiger partial charge in [0.25, 0.3) is 0 Å². The lowest BCUT2D eigenvalue weighted by molar-refractivity contribution is 0.474. The Hall–Kier alpha value is -1.29. The van der Waals surface area contributed by atoms with Gasteiger partial charge in [-0.25, -0.2) is 13.8 Å². The summed E-state index contributed by atoms with van der Waals surface area (Å²) in [6.45, 7) is 1.22. The predicted molar refractivity (Wildman–Crippen MR) is 117 cm³/mol. The number of guanidine groups is 1. The Labute approximate surface area is 180 Å². The van der Waals surface area contributed by atoms with Gasteiger partial charge in [-0.05, 0) is 43.7 Å². The Kier molecular flexibility index (Phi) is 8.40. The number of nitrogens with one attached hydrogen (secondary N) is 1. The maximum absolute atomic E-state index is 13.7. The van der Waals surface area contributed by atoms with E-state index in [-0.39, 0.29) is 24.0 Å². The molecule has 0 amide bonds. The number of hydrogen-bond acceptors (Lipinski definition) is 3. The highest BCUT2D eigenvalue weighted by Gasteiger charge is 2.17. The SMILES string of the molecule is CN=C(NCCc1ccc(F)cc1F)N(C)Cc1nc2c(s1)CCCC2.I. The number of aryl methyl sites for hydroxylation is 2. The second-order valence-electron chi connectivity index (χ2n) is 6.50. The van der Waals surface area contributed by atoms with Crippen molar-refractivity contribution in [2.75, 3.05) is 20.6 Å². The molecule has 1 aromatic carbocycles. The van der Waals surface area contributed by atoms with Gasteiger partial charge in [-0.3, -0.25) is 4.99 Å². The van der Waals surface area contributed by atoms with E-state index in [2.05, 4.69) is 10.3 Å². The van der Waals surface area contributed by atoms with Crippen LogP contribution in [0.25, 0.3) is 0 Å². The number of nitrogens with zero attached hydrogens (tertiary/aromatic N) is 3. The molecule has 0 spiro atoms. The molecule has 4 nitrogen and oxygen atoms in total. The van der Waals surface area contributed by atoms with Crippen LogP contribution in [0.3, 0.4) is 0 Å². The lowest BCUT2D eigenvalue weighted by Gasteiger charge is -2.21. The van der Waals surface area contributed by atoms with Crippen LogP contribution in [0.4, 0.5) is 8.78 Å². The molecule has 0 radical (unpaired) electrons. The zero-order chi connectivity index (χ0) is 18.5. The van der Waals surface area contributed by atoms with Crippen molar-refractivity contribution in [2.24, 2.45) is 4.99 Å². The average molecular weight is 506 g/mol. The van der Waals surface area contributed by atoms with Gasteiger partial charge >= 0.3 is 0 Å². The molecule has 0 fully saturated rings. The first kappa shape index (κ1) is 22.0. The minimum Gasteiger partial charge on any atom is -0.356 e. The van der Waals surface area contributed by atoms with Crippen molar-refractivity contribution < 1.29 is 8.78 Å². The molecule has 1 aromatic heterocycles. The zero-order valence-electron chi connectivity index (χ0n) is 15.6. The number of benzene rings is 1. The highest BCUT2D eigenvalue weighted by Crippen LogP contribution is 2.27. The molecule has 0 saturated heterocycles. The number of fused-ring (bicyclic) bond motifs is 1. The zero-order valence-corrected chi connectivity index (χ0v) is 18.7. The first-order valence-corrected chi connectivity index (χ1v) is 9.71. The highest BCUT2D eigenvalue weighted by atomic mass is 127. The molecular weight excluding hydrogens is 481 g/mol. The molecule has 0 saturated carbocycles. The van der Waals surface area contributed by atoms with Gasteiger partial charge in [0.05, 0.1) is 12.2 Å². The first-order valence-electron chi connectivity index (χ1n) is 8.90. The molecule has 0 atom stereocenters. The van der Waals surface area contributed by atoms with Crippen LogP contribution in [0, 0.1) is 11.6 Å². The minimum absolute atomic E-state index is 0. The largest absolute Gasteiger partial charge is 0.356 e. The van der Waals surface area contributed by atoms with E-state index in [1.54, 1.807) is 18.4 Å². The summed E-state index contributed by atoms with van der Waals surface area (Å²) in [5.41, 5.74) is 1.75. The topological polar surface area (TPSA) is 40.5 Å². The fraction of sp³-hybridized carbons (Fsp3) is 0.474. The summed E-state index contributed by atoms with van der Waals surface area (Å²) in [5, 5.41) is 4.34. The summed E-state index contributed by atoms with van der Waals surface area (Å²) in [4.78, 5) is 12.5. The maximum Gasteiger partial charge on any atom is 0.193 e. The van der Waals surface area contributed by atoms with E-state index in [1.165, 1.54) is 35.5 Å². The standard InChI is InChI=1S/C19H24F2N4S.HI/c1-22-19(23-10-9-13-7-8-14(20)11-15(13)21)25(2)12-18-24-16-5-3-4-6-17(16)26-18;/h7-8,11H,3-6,9-10,12H2,1-2H3,(H,22,23);1H. The number of thiazole rings is 1. The Morgan fingerprint density at radius 1 is 1.30 bits per heavy atom. The summed E-state index contributed by atoms with van der Waals surface area (Å²) in [7, 11) is 3.69. The van der Waals surface area contributed by atoms with Crippen LogP contribution < -0.4 is 5.32 Å². The van der Waals surface area contributed by atoms with Crippen LogP contribution >= 0.6 is 35.3 Å². The summed E-state index contributed by atoms with van der Waals surface area (Å²) in [6.07, 6.45) is 5.19. The molecule has 1 N–H and O–H groups in total. The quantitative estimate of drug-likeness (QED) is 0.376. The molecule has 1 aliphatic carbocycles. The van der Waals surface area contributed by atoms with Gasteiger partial charge < -0.3 is 10.2 Å². The van der Waals surface area contributed by atoms with Gasteiger partial charge in [-0.15, -0.1) is 35.3 Å². The third-order valence-electron chi connectivity index (χ3n) is 4.53. The molecule has 0 aliphatic heterocycles. The van der Waals surface area contributed by atoms with E-state index < -0.39 is 11.6 Å². The van der Waals surface area contributed by atoms with Gasteiger partial charge in [0.15, 0.2) is 5.96 Å². The van der Waals surface area contributed by atoms with Crippen LogP contribution in [-0.2, 0) is 25.8 Å². The number of halogens is 3. The Bertz CT molecular complexity index is 771. The fourth-order valence-electron chi connectivity index (χ4n) is 3.17. The number of aliphatic imine (C=N–C) groups is 1. The van der Waals surface area contributed by atoms with Crippen molar-refractivity contribution in [3.8, 4) is 0 Å².